The molecule has 1 atom stereocenters. The van der Waals surface area contributed by atoms with Gasteiger partial charge in [-0.3, -0.25) is 9.59 Å². The van der Waals surface area contributed by atoms with E-state index in [9.17, 15) is 14.0 Å². The Morgan fingerprint density at radius 3 is 2.70 bits per heavy atom. The minimum absolute atomic E-state index is 0.0901. The van der Waals surface area contributed by atoms with Crippen LogP contribution >= 0.6 is 0 Å². The molecule has 6 heteroatoms. The highest BCUT2D eigenvalue weighted by Crippen LogP contribution is 2.25. The van der Waals surface area contributed by atoms with Crippen LogP contribution in [0.5, 0.6) is 0 Å². The van der Waals surface area contributed by atoms with Gasteiger partial charge in [-0.15, -0.1) is 0 Å². The molecule has 0 aliphatic carbocycles. The number of benzene rings is 1. The quantitative estimate of drug-likeness (QED) is 0.822. The molecule has 0 bridgehead atoms. The molecule has 1 aromatic heterocycles. The average Bonchev–Trinajstić information content (AvgIpc) is 2.99. The largest absolute Gasteiger partial charge is 0.481 e. The predicted octanol–water partition coefficient (Wildman–Crippen LogP) is 2.86. The Morgan fingerprint density at radius 1 is 1.26 bits per heavy atom. The molecule has 2 aromatic rings. The molecule has 0 radical (unpaired) electrons. The van der Waals surface area contributed by atoms with E-state index in [4.69, 9.17) is 9.52 Å². The van der Waals surface area contributed by atoms with Crippen molar-refractivity contribution < 1.29 is 23.5 Å². The van der Waals surface area contributed by atoms with Gasteiger partial charge in [-0.25, -0.2) is 4.39 Å². The van der Waals surface area contributed by atoms with Crippen LogP contribution in [-0.4, -0.2) is 23.5 Å². The number of carboxylic acids is 1. The predicted molar refractivity (Wildman–Crippen MR) is 82.2 cm³/mol. The third-order valence-corrected chi connectivity index (χ3v) is 3.43. The highest BCUT2D eigenvalue weighted by molar-refractivity contribution is 5.77. The normalized spacial score (nSPS) is 11.9. The van der Waals surface area contributed by atoms with Crippen LogP contribution in [-0.2, 0) is 16.0 Å². The summed E-state index contributed by atoms with van der Waals surface area (Å²) in [6.45, 7) is 1.61. The lowest BCUT2D eigenvalue weighted by atomic mass is 10.1. The van der Waals surface area contributed by atoms with E-state index in [1.165, 1.54) is 13.0 Å². The molecule has 0 aliphatic rings. The maximum atomic E-state index is 13.7. The summed E-state index contributed by atoms with van der Waals surface area (Å²) in [6, 6.07) is 9.67. The van der Waals surface area contributed by atoms with Gasteiger partial charge in [-0.2, -0.15) is 0 Å². The zero-order valence-corrected chi connectivity index (χ0v) is 12.7. The van der Waals surface area contributed by atoms with Crippen LogP contribution in [0.15, 0.2) is 40.8 Å². The first kappa shape index (κ1) is 16.7. The molecule has 1 aromatic carbocycles. The number of carbonyl (C=O) groups excluding carboxylic acids is 1. The second-order valence-corrected chi connectivity index (χ2v) is 5.29. The van der Waals surface area contributed by atoms with Crippen LogP contribution in [0.1, 0.15) is 19.1 Å². The van der Waals surface area contributed by atoms with Crippen molar-refractivity contribution in [3.8, 4) is 11.3 Å². The number of rotatable bonds is 7. The van der Waals surface area contributed by atoms with Crippen LogP contribution < -0.4 is 5.32 Å². The molecular weight excluding hydrogens is 301 g/mol. The van der Waals surface area contributed by atoms with E-state index in [0.717, 1.165) is 0 Å². The van der Waals surface area contributed by atoms with Gasteiger partial charge in [0.1, 0.15) is 17.3 Å². The fourth-order valence-electron chi connectivity index (χ4n) is 2.00. The van der Waals surface area contributed by atoms with Gasteiger partial charge >= 0.3 is 5.97 Å². The van der Waals surface area contributed by atoms with Gasteiger partial charge in [-0.1, -0.05) is 19.1 Å². The van der Waals surface area contributed by atoms with Crippen molar-refractivity contribution in [2.24, 2.45) is 5.92 Å². The van der Waals surface area contributed by atoms with Crippen molar-refractivity contribution in [3.05, 3.63) is 48.0 Å². The molecule has 0 spiro atoms. The molecule has 122 valence electrons. The number of halogens is 1. The molecule has 0 saturated carbocycles. The van der Waals surface area contributed by atoms with E-state index in [0.29, 0.717) is 23.5 Å². The third kappa shape index (κ3) is 4.67. The number of aryl methyl sites for hydroxylation is 1. The van der Waals surface area contributed by atoms with E-state index < -0.39 is 11.9 Å². The average molecular weight is 319 g/mol. The summed E-state index contributed by atoms with van der Waals surface area (Å²) >= 11 is 0. The van der Waals surface area contributed by atoms with E-state index in [1.807, 2.05) is 0 Å². The van der Waals surface area contributed by atoms with Crippen LogP contribution in [0.3, 0.4) is 0 Å². The van der Waals surface area contributed by atoms with Crippen LogP contribution in [0.4, 0.5) is 4.39 Å². The summed E-state index contributed by atoms with van der Waals surface area (Å²) in [7, 11) is 0. The number of amides is 1. The summed E-state index contributed by atoms with van der Waals surface area (Å²) < 4.78 is 19.2. The number of hydrogen-bond acceptors (Lipinski definition) is 3. The molecule has 2 rings (SSSR count). The Bertz CT molecular complexity index is 695. The van der Waals surface area contributed by atoms with Crippen LogP contribution in [0, 0.1) is 11.7 Å². The second-order valence-electron chi connectivity index (χ2n) is 5.29. The van der Waals surface area contributed by atoms with Crippen molar-refractivity contribution in [2.75, 3.05) is 6.54 Å². The summed E-state index contributed by atoms with van der Waals surface area (Å²) in [5, 5.41) is 11.3. The molecule has 0 aliphatic heterocycles. The highest BCUT2D eigenvalue weighted by Gasteiger charge is 2.13. The molecule has 1 heterocycles. The lowest BCUT2D eigenvalue weighted by Crippen LogP contribution is -2.31. The van der Waals surface area contributed by atoms with Crippen molar-refractivity contribution >= 4 is 11.9 Å². The first-order valence-corrected chi connectivity index (χ1v) is 7.30. The van der Waals surface area contributed by atoms with Crippen LogP contribution in [0.25, 0.3) is 11.3 Å². The lowest BCUT2D eigenvalue weighted by Gasteiger charge is -2.07. The van der Waals surface area contributed by atoms with E-state index >= 15 is 0 Å². The fourth-order valence-corrected chi connectivity index (χ4v) is 2.00. The van der Waals surface area contributed by atoms with Gasteiger partial charge in [0.15, 0.2) is 0 Å². The molecule has 2 N–H and O–H groups in total. The Balaban J connectivity index is 1.87. The lowest BCUT2D eigenvalue weighted by molar-refractivity contribution is -0.141. The number of nitrogens with one attached hydrogen (secondary N) is 1. The van der Waals surface area contributed by atoms with Crippen molar-refractivity contribution in [1.82, 2.24) is 5.32 Å². The Hall–Kier alpha value is -2.63. The summed E-state index contributed by atoms with van der Waals surface area (Å²) in [6.07, 6.45) is 0.540. The Kier molecular flexibility index (Phi) is 5.51. The maximum Gasteiger partial charge on any atom is 0.308 e. The first-order valence-electron chi connectivity index (χ1n) is 7.30. The minimum atomic E-state index is -0.953. The summed E-state index contributed by atoms with van der Waals surface area (Å²) in [5.74, 6) is -1.21. The minimum Gasteiger partial charge on any atom is -0.481 e. The second kappa shape index (κ2) is 7.58. The molecule has 23 heavy (non-hydrogen) atoms. The molecular formula is C17H18FNO4. The maximum absolute atomic E-state index is 13.7. The van der Waals surface area contributed by atoms with E-state index in [1.54, 1.807) is 30.3 Å². The number of furan rings is 1. The Labute approximate surface area is 133 Å². The van der Waals surface area contributed by atoms with E-state index in [-0.39, 0.29) is 24.7 Å². The number of carboxylic acid groups (broad SMARTS) is 1. The summed E-state index contributed by atoms with van der Waals surface area (Å²) in [5.41, 5.74) is 0.374. The van der Waals surface area contributed by atoms with Gasteiger partial charge in [0.2, 0.25) is 5.91 Å². The molecule has 1 unspecified atom stereocenters. The third-order valence-electron chi connectivity index (χ3n) is 3.43. The zero-order valence-electron chi connectivity index (χ0n) is 12.7. The molecule has 1 amide bonds. The first-order chi connectivity index (χ1) is 11.0. The van der Waals surface area contributed by atoms with Gasteiger partial charge < -0.3 is 14.8 Å². The van der Waals surface area contributed by atoms with Crippen molar-refractivity contribution in [1.29, 1.82) is 0 Å². The number of hydrogen-bond donors (Lipinski definition) is 2. The summed E-state index contributed by atoms with van der Waals surface area (Å²) in [4.78, 5) is 22.3. The zero-order chi connectivity index (χ0) is 16.8. The standard InChI is InChI=1S/C17H18FNO4/c1-11(17(21)22)10-19-16(20)9-7-12-6-8-15(23-12)13-4-2-3-5-14(13)18/h2-6,8,11H,7,9-10H2,1H3,(H,19,20)(H,21,22). The van der Waals surface area contributed by atoms with Gasteiger partial charge in [0, 0.05) is 19.4 Å². The van der Waals surface area contributed by atoms with Crippen molar-refractivity contribution in [3.63, 3.8) is 0 Å². The molecule has 0 fully saturated rings. The number of carbonyl (C=O) groups is 2. The van der Waals surface area contributed by atoms with E-state index in [2.05, 4.69) is 5.32 Å². The monoisotopic (exact) mass is 319 g/mol. The van der Waals surface area contributed by atoms with Gasteiger partial charge in [0.05, 0.1) is 11.5 Å². The molecule has 5 nitrogen and oxygen atoms in total. The molecule has 0 saturated heterocycles. The van der Waals surface area contributed by atoms with Crippen LogP contribution in [0.2, 0.25) is 0 Å². The topological polar surface area (TPSA) is 79.5 Å². The smallest absolute Gasteiger partial charge is 0.308 e. The fraction of sp³-hybridized carbons (Fsp3) is 0.294. The van der Waals surface area contributed by atoms with Gasteiger partial charge in [-0.05, 0) is 24.3 Å². The number of aliphatic carboxylic acids is 1. The Morgan fingerprint density at radius 2 is 2.00 bits per heavy atom. The van der Waals surface area contributed by atoms with Gasteiger partial charge in [0.25, 0.3) is 0 Å². The SMILES string of the molecule is CC(CNC(=O)CCc1ccc(-c2ccccc2F)o1)C(=O)O. The van der Waals surface area contributed by atoms with Crippen molar-refractivity contribution in [2.45, 2.75) is 19.8 Å². The highest BCUT2D eigenvalue weighted by atomic mass is 19.1.